The molecule has 20 heavy (non-hydrogen) atoms. The molecule has 3 heteroatoms. The fourth-order valence-corrected chi connectivity index (χ4v) is 3.57. The quantitative estimate of drug-likeness (QED) is 0.807. The molecule has 1 saturated carbocycles. The summed E-state index contributed by atoms with van der Waals surface area (Å²) in [5, 5.41) is 5.37. The van der Waals surface area contributed by atoms with Crippen molar-refractivity contribution in [3.8, 4) is 0 Å². The van der Waals surface area contributed by atoms with Gasteiger partial charge in [0.15, 0.2) is 5.58 Å². The molecular weight excluding hydrogens is 270 g/mol. The monoisotopic (exact) mass is 291 g/mol. The zero-order valence-corrected chi connectivity index (χ0v) is 12.7. The molecular formula is C17H22ClNO. The van der Waals surface area contributed by atoms with Gasteiger partial charge < -0.3 is 9.73 Å². The van der Waals surface area contributed by atoms with E-state index in [1.54, 1.807) is 0 Å². The van der Waals surface area contributed by atoms with Crippen molar-refractivity contribution in [3.63, 3.8) is 0 Å². The van der Waals surface area contributed by atoms with E-state index in [-0.39, 0.29) is 0 Å². The van der Waals surface area contributed by atoms with Crippen molar-refractivity contribution in [3.05, 3.63) is 35.0 Å². The van der Waals surface area contributed by atoms with E-state index in [2.05, 4.69) is 24.4 Å². The Labute approximate surface area is 125 Å². The average molecular weight is 292 g/mol. The van der Waals surface area contributed by atoms with Gasteiger partial charge in [-0.25, -0.2) is 0 Å². The standard InChI is InChI=1S/C17H22ClNO/c1-2-19-15(10-12-6-3-4-7-12)16-11-13-8-5-9-14(18)17(13)20-16/h5,8-9,11-12,15,19H,2-4,6-7,10H2,1H3. The summed E-state index contributed by atoms with van der Waals surface area (Å²) < 4.78 is 6.03. The van der Waals surface area contributed by atoms with Gasteiger partial charge in [0, 0.05) is 5.39 Å². The minimum absolute atomic E-state index is 0.312. The number of hydrogen-bond acceptors (Lipinski definition) is 2. The van der Waals surface area contributed by atoms with E-state index in [1.165, 1.54) is 32.1 Å². The first-order valence-corrected chi connectivity index (χ1v) is 8.07. The van der Waals surface area contributed by atoms with Gasteiger partial charge in [-0.1, -0.05) is 56.3 Å². The van der Waals surface area contributed by atoms with Crippen LogP contribution < -0.4 is 5.32 Å². The van der Waals surface area contributed by atoms with Crippen molar-refractivity contribution in [2.45, 2.75) is 45.1 Å². The summed E-state index contributed by atoms with van der Waals surface area (Å²) in [5.41, 5.74) is 0.818. The lowest BCUT2D eigenvalue weighted by molar-refractivity contribution is 0.354. The fraction of sp³-hybridized carbons (Fsp3) is 0.529. The molecule has 0 aliphatic heterocycles. The lowest BCUT2D eigenvalue weighted by Crippen LogP contribution is -2.22. The Morgan fingerprint density at radius 2 is 2.15 bits per heavy atom. The summed E-state index contributed by atoms with van der Waals surface area (Å²) >= 11 is 6.21. The Morgan fingerprint density at radius 1 is 1.35 bits per heavy atom. The third kappa shape index (κ3) is 2.87. The maximum absolute atomic E-state index is 6.21. The van der Waals surface area contributed by atoms with Crippen molar-refractivity contribution in [2.75, 3.05) is 6.54 Å². The number of furan rings is 1. The SMILES string of the molecule is CCNC(CC1CCCC1)c1cc2cccc(Cl)c2o1. The molecule has 1 aliphatic carbocycles. The predicted molar refractivity (Wildman–Crippen MR) is 84.2 cm³/mol. The summed E-state index contributed by atoms with van der Waals surface area (Å²) in [6.45, 7) is 3.11. The van der Waals surface area contributed by atoms with Crippen LogP contribution in [-0.2, 0) is 0 Å². The molecule has 0 saturated heterocycles. The Hall–Kier alpha value is -0.990. The molecule has 1 N–H and O–H groups in total. The van der Waals surface area contributed by atoms with E-state index in [0.29, 0.717) is 11.1 Å². The molecule has 1 atom stereocenters. The lowest BCUT2D eigenvalue weighted by atomic mass is 9.97. The van der Waals surface area contributed by atoms with Crippen LogP contribution >= 0.6 is 11.6 Å². The van der Waals surface area contributed by atoms with Gasteiger partial charge in [-0.05, 0) is 31.0 Å². The topological polar surface area (TPSA) is 25.2 Å². The average Bonchev–Trinajstić information content (AvgIpc) is 3.07. The lowest BCUT2D eigenvalue weighted by Gasteiger charge is -2.19. The van der Waals surface area contributed by atoms with Crippen LogP contribution in [0.2, 0.25) is 5.02 Å². The molecule has 1 aromatic heterocycles. The molecule has 3 rings (SSSR count). The molecule has 1 unspecified atom stereocenters. The van der Waals surface area contributed by atoms with Crippen LogP contribution in [0.15, 0.2) is 28.7 Å². The number of fused-ring (bicyclic) bond motifs is 1. The molecule has 108 valence electrons. The molecule has 0 bridgehead atoms. The largest absolute Gasteiger partial charge is 0.458 e. The van der Waals surface area contributed by atoms with E-state index in [0.717, 1.165) is 29.2 Å². The summed E-state index contributed by atoms with van der Waals surface area (Å²) in [4.78, 5) is 0. The van der Waals surface area contributed by atoms with E-state index in [1.807, 2.05) is 12.1 Å². The number of halogens is 1. The van der Waals surface area contributed by atoms with Gasteiger partial charge >= 0.3 is 0 Å². The van der Waals surface area contributed by atoms with Gasteiger partial charge in [0.25, 0.3) is 0 Å². The second kappa shape index (κ2) is 6.19. The van der Waals surface area contributed by atoms with Crippen molar-refractivity contribution in [1.29, 1.82) is 0 Å². The molecule has 1 aromatic carbocycles. The summed E-state index contributed by atoms with van der Waals surface area (Å²) in [6.07, 6.45) is 6.67. The van der Waals surface area contributed by atoms with Gasteiger partial charge in [0.2, 0.25) is 0 Å². The van der Waals surface area contributed by atoms with E-state index in [4.69, 9.17) is 16.0 Å². The van der Waals surface area contributed by atoms with Crippen LogP contribution in [-0.4, -0.2) is 6.54 Å². The fourth-order valence-electron chi connectivity index (χ4n) is 3.35. The molecule has 0 spiro atoms. The van der Waals surface area contributed by atoms with E-state index >= 15 is 0 Å². The molecule has 0 radical (unpaired) electrons. The first-order valence-electron chi connectivity index (χ1n) is 7.69. The van der Waals surface area contributed by atoms with Crippen molar-refractivity contribution >= 4 is 22.6 Å². The minimum atomic E-state index is 0.312. The third-order valence-corrected chi connectivity index (χ3v) is 4.65. The van der Waals surface area contributed by atoms with Crippen LogP contribution in [0.3, 0.4) is 0 Å². The van der Waals surface area contributed by atoms with Gasteiger partial charge in [0.1, 0.15) is 5.76 Å². The third-order valence-electron chi connectivity index (χ3n) is 4.35. The van der Waals surface area contributed by atoms with Crippen LogP contribution in [0.4, 0.5) is 0 Å². The van der Waals surface area contributed by atoms with Crippen LogP contribution in [0.5, 0.6) is 0 Å². The Balaban J connectivity index is 1.86. The van der Waals surface area contributed by atoms with E-state index < -0.39 is 0 Å². The highest BCUT2D eigenvalue weighted by atomic mass is 35.5. The summed E-state index contributed by atoms with van der Waals surface area (Å²) in [7, 11) is 0. The Morgan fingerprint density at radius 3 is 2.85 bits per heavy atom. The van der Waals surface area contributed by atoms with Crippen LogP contribution in [0.25, 0.3) is 11.0 Å². The number of hydrogen-bond donors (Lipinski definition) is 1. The maximum atomic E-state index is 6.21. The highest BCUT2D eigenvalue weighted by molar-refractivity contribution is 6.34. The maximum Gasteiger partial charge on any atom is 0.152 e. The zero-order valence-electron chi connectivity index (χ0n) is 12.0. The first-order chi connectivity index (χ1) is 9.78. The predicted octanol–water partition coefficient (Wildman–Crippen LogP) is 5.32. The number of para-hydroxylation sites is 1. The summed E-state index contributed by atoms with van der Waals surface area (Å²) in [6, 6.07) is 8.38. The second-order valence-electron chi connectivity index (χ2n) is 5.80. The van der Waals surface area contributed by atoms with Gasteiger partial charge in [-0.15, -0.1) is 0 Å². The molecule has 0 amide bonds. The smallest absolute Gasteiger partial charge is 0.152 e. The Bertz CT molecular complexity index is 571. The van der Waals surface area contributed by atoms with E-state index in [9.17, 15) is 0 Å². The first kappa shape index (κ1) is 14.0. The highest BCUT2D eigenvalue weighted by Crippen LogP contribution is 2.36. The normalized spacial score (nSPS) is 17.9. The zero-order chi connectivity index (χ0) is 13.9. The molecule has 2 nitrogen and oxygen atoms in total. The number of benzene rings is 1. The van der Waals surface area contributed by atoms with Crippen molar-refractivity contribution < 1.29 is 4.42 Å². The number of nitrogens with one attached hydrogen (secondary N) is 1. The minimum Gasteiger partial charge on any atom is -0.458 e. The Kier molecular flexibility index (Phi) is 4.32. The molecule has 1 heterocycles. The van der Waals surface area contributed by atoms with Crippen LogP contribution in [0.1, 0.15) is 50.8 Å². The van der Waals surface area contributed by atoms with Crippen molar-refractivity contribution in [2.24, 2.45) is 5.92 Å². The molecule has 1 aliphatic rings. The molecule has 2 aromatic rings. The second-order valence-corrected chi connectivity index (χ2v) is 6.21. The molecule has 1 fully saturated rings. The van der Waals surface area contributed by atoms with Gasteiger partial charge in [0.05, 0.1) is 11.1 Å². The van der Waals surface area contributed by atoms with Crippen molar-refractivity contribution in [1.82, 2.24) is 5.32 Å². The van der Waals surface area contributed by atoms with Gasteiger partial charge in [-0.2, -0.15) is 0 Å². The number of rotatable bonds is 5. The summed E-state index contributed by atoms with van der Waals surface area (Å²) in [5.74, 6) is 1.87. The van der Waals surface area contributed by atoms with Crippen LogP contribution in [0, 0.1) is 5.92 Å². The highest BCUT2D eigenvalue weighted by Gasteiger charge is 2.23. The van der Waals surface area contributed by atoms with Gasteiger partial charge in [-0.3, -0.25) is 0 Å².